The minimum atomic E-state index is -2.37. The minimum Gasteiger partial charge on any atom is -0.497 e. The highest BCUT2D eigenvalue weighted by Gasteiger charge is 2.41. The van der Waals surface area contributed by atoms with Crippen LogP contribution < -0.4 is 29.0 Å². The lowest BCUT2D eigenvalue weighted by atomic mass is 10.1. The number of hydrogen-bond acceptors (Lipinski definition) is 13. The number of rotatable bonds is 13. The molecule has 15 heteroatoms. The molecule has 0 unspecified atom stereocenters. The number of carbonyl (C=O) groups excluding carboxylic acids is 5. The molecule has 3 rings (SSSR count). The molecule has 0 bridgehead atoms. The van der Waals surface area contributed by atoms with Gasteiger partial charge in [0.15, 0.2) is 23.0 Å². The van der Waals surface area contributed by atoms with Crippen molar-refractivity contribution in [3.05, 3.63) is 71.8 Å². The van der Waals surface area contributed by atoms with E-state index in [-0.39, 0.29) is 39.8 Å². The van der Waals surface area contributed by atoms with Gasteiger partial charge in [0, 0.05) is 25.6 Å². The van der Waals surface area contributed by atoms with E-state index in [1.807, 2.05) is 0 Å². The molecule has 3 aromatic rings. The van der Waals surface area contributed by atoms with Gasteiger partial charge in [-0.05, 0) is 48.5 Å². The van der Waals surface area contributed by atoms with Gasteiger partial charge in [0.25, 0.3) is 5.91 Å². The van der Waals surface area contributed by atoms with Crippen LogP contribution in [-0.4, -0.2) is 74.4 Å². The van der Waals surface area contributed by atoms with Gasteiger partial charge in [-0.15, -0.1) is 0 Å². The molecule has 0 aliphatic carbocycles. The third-order valence-corrected chi connectivity index (χ3v) is 5.89. The molecule has 242 valence electrons. The molecule has 0 fully saturated rings. The molecule has 0 heterocycles. The standard InChI is InChI=1S/C31H29NO14/c1-16(33)43-22-11-9-18(13-24(22)41-4)30(38)45-26(28(35)32-20-7-6-8-21(15-20)40-3)27(29(36)37)46-31(39)19-10-12-23(44-17(2)34)25(14-19)42-5/h6-15,26-27H,1-5H3,(H,32,35)(H,36,37)/t26-,27+/m1/s1. The predicted octanol–water partition coefficient (Wildman–Crippen LogP) is 3.04. The summed E-state index contributed by atoms with van der Waals surface area (Å²) in [6.07, 6.45) is -4.62. The Morgan fingerprint density at radius 2 is 1.13 bits per heavy atom. The van der Waals surface area contributed by atoms with Crippen molar-refractivity contribution in [1.29, 1.82) is 0 Å². The highest BCUT2D eigenvalue weighted by Crippen LogP contribution is 2.30. The van der Waals surface area contributed by atoms with Crippen LogP contribution >= 0.6 is 0 Å². The number of anilines is 1. The van der Waals surface area contributed by atoms with Gasteiger partial charge in [-0.2, -0.15) is 0 Å². The number of methoxy groups -OCH3 is 3. The molecule has 0 radical (unpaired) electrons. The summed E-state index contributed by atoms with van der Waals surface area (Å²) in [6.45, 7) is 2.31. The maximum absolute atomic E-state index is 13.5. The number of aliphatic carboxylic acids is 1. The van der Waals surface area contributed by atoms with E-state index in [9.17, 15) is 33.9 Å². The number of esters is 4. The molecule has 0 saturated carbocycles. The van der Waals surface area contributed by atoms with Crippen molar-refractivity contribution < 1.29 is 67.0 Å². The maximum atomic E-state index is 13.5. The molecule has 46 heavy (non-hydrogen) atoms. The van der Waals surface area contributed by atoms with Crippen LogP contribution in [-0.2, 0) is 28.7 Å². The van der Waals surface area contributed by atoms with Crippen LogP contribution in [0.5, 0.6) is 28.7 Å². The molecule has 0 aliphatic heterocycles. The van der Waals surface area contributed by atoms with Crippen molar-refractivity contribution >= 4 is 41.4 Å². The Hall–Kier alpha value is -6.12. The van der Waals surface area contributed by atoms with Gasteiger partial charge in [0.1, 0.15) is 5.75 Å². The Morgan fingerprint density at radius 3 is 1.57 bits per heavy atom. The normalized spacial score (nSPS) is 11.6. The van der Waals surface area contributed by atoms with Crippen LogP contribution in [0.2, 0.25) is 0 Å². The third kappa shape index (κ3) is 8.95. The number of ether oxygens (including phenoxy) is 7. The highest BCUT2D eigenvalue weighted by atomic mass is 16.6. The van der Waals surface area contributed by atoms with Gasteiger partial charge in [-0.3, -0.25) is 14.4 Å². The zero-order valence-electron chi connectivity index (χ0n) is 25.2. The fraction of sp³-hybridized carbons (Fsp3) is 0.226. The summed E-state index contributed by atoms with van der Waals surface area (Å²) in [6, 6.07) is 13.0. The smallest absolute Gasteiger partial charge is 0.349 e. The Bertz CT molecular complexity index is 1650. The van der Waals surface area contributed by atoms with Gasteiger partial charge >= 0.3 is 29.8 Å². The van der Waals surface area contributed by atoms with Crippen molar-refractivity contribution in [1.82, 2.24) is 0 Å². The largest absolute Gasteiger partial charge is 0.497 e. The summed E-state index contributed by atoms with van der Waals surface area (Å²) in [5, 5.41) is 12.5. The van der Waals surface area contributed by atoms with Crippen LogP contribution in [0.4, 0.5) is 5.69 Å². The fourth-order valence-corrected chi connectivity index (χ4v) is 3.84. The van der Waals surface area contributed by atoms with Gasteiger partial charge in [-0.1, -0.05) is 6.07 Å². The third-order valence-electron chi connectivity index (χ3n) is 5.89. The van der Waals surface area contributed by atoms with Crippen molar-refractivity contribution in [2.24, 2.45) is 0 Å². The van der Waals surface area contributed by atoms with E-state index in [0.717, 1.165) is 32.0 Å². The molecule has 1 amide bonds. The molecule has 2 N–H and O–H groups in total. The van der Waals surface area contributed by atoms with Crippen LogP contribution in [0.25, 0.3) is 0 Å². The SMILES string of the molecule is COc1cccc(NC(=O)[C@H](OC(=O)c2ccc(OC(C)=O)c(OC)c2)[C@H](OC(=O)c2ccc(OC(C)=O)c(OC)c2)C(=O)O)c1. The number of carboxylic acids is 1. The van der Waals surface area contributed by atoms with Crippen molar-refractivity contribution in [2.45, 2.75) is 26.1 Å². The molecular formula is C31H29NO14. The van der Waals surface area contributed by atoms with Gasteiger partial charge in [-0.25, -0.2) is 14.4 Å². The zero-order chi connectivity index (χ0) is 34.0. The number of nitrogens with one attached hydrogen (secondary N) is 1. The molecule has 0 aromatic heterocycles. The molecule has 0 saturated heterocycles. The summed E-state index contributed by atoms with van der Waals surface area (Å²) in [4.78, 5) is 74.9. The van der Waals surface area contributed by atoms with Crippen LogP contribution in [0.15, 0.2) is 60.7 Å². The average Bonchev–Trinajstić information content (AvgIpc) is 3.02. The second kappa shape index (κ2) is 15.6. The number of hydrogen-bond donors (Lipinski definition) is 2. The van der Waals surface area contributed by atoms with E-state index in [1.54, 1.807) is 6.07 Å². The first-order valence-electron chi connectivity index (χ1n) is 13.2. The number of carboxylic acid groups (broad SMARTS) is 1. The van der Waals surface area contributed by atoms with E-state index >= 15 is 0 Å². The van der Waals surface area contributed by atoms with Gasteiger partial charge in [0.05, 0.1) is 32.5 Å². The van der Waals surface area contributed by atoms with E-state index < -0.39 is 48.0 Å². The molecule has 0 aliphatic rings. The number of benzene rings is 3. The van der Waals surface area contributed by atoms with Crippen LogP contribution in [0.3, 0.4) is 0 Å². The lowest BCUT2D eigenvalue weighted by Crippen LogP contribution is -2.48. The Labute approximate surface area is 261 Å². The Kier molecular flexibility index (Phi) is 11.6. The summed E-state index contributed by atoms with van der Waals surface area (Å²) in [5.74, 6) is -6.60. The lowest BCUT2D eigenvalue weighted by molar-refractivity contribution is -0.157. The van der Waals surface area contributed by atoms with Crippen molar-refractivity contribution in [3.8, 4) is 28.7 Å². The van der Waals surface area contributed by atoms with Crippen LogP contribution in [0, 0.1) is 0 Å². The summed E-state index contributed by atoms with van der Waals surface area (Å²) in [7, 11) is 3.87. The van der Waals surface area contributed by atoms with Crippen molar-refractivity contribution in [3.63, 3.8) is 0 Å². The summed E-state index contributed by atoms with van der Waals surface area (Å²) in [5.41, 5.74) is -0.338. The first-order chi connectivity index (χ1) is 21.9. The monoisotopic (exact) mass is 639 g/mol. The number of carbonyl (C=O) groups is 6. The Balaban J connectivity index is 1.98. The quantitative estimate of drug-likeness (QED) is 0.204. The highest BCUT2D eigenvalue weighted by molar-refractivity contribution is 6.02. The fourth-order valence-electron chi connectivity index (χ4n) is 3.84. The second-order valence-corrected chi connectivity index (χ2v) is 9.13. The topological polar surface area (TPSA) is 199 Å². The molecule has 2 atom stereocenters. The minimum absolute atomic E-state index is 0.0219. The van der Waals surface area contributed by atoms with Crippen molar-refractivity contribution in [2.75, 3.05) is 26.6 Å². The van der Waals surface area contributed by atoms with Gasteiger partial charge < -0.3 is 43.6 Å². The average molecular weight is 640 g/mol. The van der Waals surface area contributed by atoms with E-state index in [0.29, 0.717) is 5.75 Å². The maximum Gasteiger partial charge on any atom is 0.349 e. The van der Waals surface area contributed by atoms with E-state index in [1.165, 1.54) is 57.7 Å². The first-order valence-corrected chi connectivity index (χ1v) is 13.2. The van der Waals surface area contributed by atoms with E-state index in [4.69, 9.17) is 33.2 Å². The lowest BCUT2D eigenvalue weighted by Gasteiger charge is -2.24. The van der Waals surface area contributed by atoms with E-state index in [2.05, 4.69) is 5.32 Å². The molecule has 0 spiro atoms. The summed E-state index contributed by atoms with van der Waals surface area (Å²) < 4.78 is 35.9. The first kappa shape index (κ1) is 34.4. The van der Waals surface area contributed by atoms with Gasteiger partial charge in [0.2, 0.25) is 12.2 Å². The predicted molar refractivity (Wildman–Crippen MR) is 156 cm³/mol. The van der Waals surface area contributed by atoms with Crippen LogP contribution in [0.1, 0.15) is 34.6 Å². The molecule has 3 aromatic carbocycles. The molecule has 15 nitrogen and oxygen atoms in total. The Morgan fingerprint density at radius 1 is 0.630 bits per heavy atom. The molecular weight excluding hydrogens is 610 g/mol. The zero-order valence-corrected chi connectivity index (χ0v) is 25.2. The second-order valence-electron chi connectivity index (χ2n) is 9.13. The number of amides is 1. The summed E-state index contributed by atoms with van der Waals surface area (Å²) >= 11 is 0.